The van der Waals surface area contributed by atoms with E-state index < -0.39 is 17.5 Å². The van der Waals surface area contributed by atoms with Gasteiger partial charge in [-0.2, -0.15) is 13.2 Å². The van der Waals surface area contributed by atoms with Gasteiger partial charge in [-0.25, -0.2) is 0 Å². The SMILES string of the molecule is CCC(CC)CN(CC)Cc1ccc(O)c(C(F)(F)F)c1. The van der Waals surface area contributed by atoms with Crippen molar-refractivity contribution in [1.82, 2.24) is 4.90 Å². The third-order valence-corrected chi connectivity index (χ3v) is 3.89. The van der Waals surface area contributed by atoms with Crippen LogP contribution in [0, 0.1) is 5.92 Å². The Hall–Kier alpha value is -1.23. The molecule has 0 heterocycles. The van der Waals surface area contributed by atoms with Crippen LogP contribution < -0.4 is 0 Å². The number of alkyl halides is 3. The number of rotatable bonds is 7. The zero-order valence-electron chi connectivity index (χ0n) is 12.9. The number of phenols is 1. The second-order valence-corrected chi connectivity index (χ2v) is 5.36. The summed E-state index contributed by atoms with van der Waals surface area (Å²) in [6.45, 7) is 8.41. The number of phenolic OH excluding ortho intramolecular Hbond substituents is 1. The van der Waals surface area contributed by atoms with Crippen LogP contribution in [0.3, 0.4) is 0 Å². The summed E-state index contributed by atoms with van der Waals surface area (Å²) < 4.78 is 38.4. The molecule has 0 saturated carbocycles. The molecule has 0 aromatic heterocycles. The predicted molar refractivity (Wildman–Crippen MR) is 78.1 cm³/mol. The fraction of sp³-hybridized carbons (Fsp3) is 0.625. The Bertz CT molecular complexity index is 442. The minimum absolute atomic E-state index is 0.469. The summed E-state index contributed by atoms with van der Waals surface area (Å²) >= 11 is 0. The summed E-state index contributed by atoms with van der Waals surface area (Å²) in [7, 11) is 0. The van der Waals surface area contributed by atoms with Crippen LogP contribution in [-0.4, -0.2) is 23.1 Å². The lowest BCUT2D eigenvalue weighted by atomic mass is 10.0. The van der Waals surface area contributed by atoms with Gasteiger partial charge in [0.1, 0.15) is 5.75 Å². The Labute approximate surface area is 124 Å². The predicted octanol–water partition coefficient (Wildman–Crippen LogP) is 4.67. The number of benzene rings is 1. The van der Waals surface area contributed by atoms with Gasteiger partial charge in [0.15, 0.2) is 0 Å². The van der Waals surface area contributed by atoms with Gasteiger partial charge in [-0.1, -0.05) is 39.7 Å². The highest BCUT2D eigenvalue weighted by Crippen LogP contribution is 2.36. The Morgan fingerprint density at radius 3 is 2.24 bits per heavy atom. The van der Waals surface area contributed by atoms with E-state index >= 15 is 0 Å². The van der Waals surface area contributed by atoms with E-state index in [9.17, 15) is 18.3 Å². The Morgan fingerprint density at radius 2 is 1.76 bits per heavy atom. The zero-order valence-corrected chi connectivity index (χ0v) is 12.9. The summed E-state index contributed by atoms with van der Waals surface area (Å²) in [4.78, 5) is 2.14. The molecule has 1 N–H and O–H groups in total. The van der Waals surface area contributed by atoms with Crippen molar-refractivity contribution in [2.45, 2.75) is 46.3 Å². The molecule has 0 atom stereocenters. The second-order valence-electron chi connectivity index (χ2n) is 5.36. The maximum absolute atomic E-state index is 12.8. The van der Waals surface area contributed by atoms with Crippen LogP contribution in [-0.2, 0) is 12.7 Å². The first-order valence-corrected chi connectivity index (χ1v) is 7.43. The van der Waals surface area contributed by atoms with E-state index in [4.69, 9.17) is 0 Å². The zero-order chi connectivity index (χ0) is 16.0. The van der Waals surface area contributed by atoms with Gasteiger partial charge in [0.25, 0.3) is 0 Å². The first-order chi connectivity index (χ1) is 9.81. The first-order valence-electron chi connectivity index (χ1n) is 7.43. The van der Waals surface area contributed by atoms with Crippen molar-refractivity contribution in [2.24, 2.45) is 5.92 Å². The number of nitrogens with zero attached hydrogens (tertiary/aromatic N) is 1. The highest BCUT2D eigenvalue weighted by Gasteiger charge is 2.34. The van der Waals surface area contributed by atoms with Crippen molar-refractivity contribution in [3.8, 4) is 5.75 Å². The van der Waals surface area contributed by atoms with Gasteiger partial charge in [-0.15, -0.1) is 0 Å². The van der Waals surface area contributed by atoms with Gasteiger partial charge in [0, 0.05) is 13.1 Å². The molecular weight excluding hydrogens is 279 g/mol. The molecule has 0 saturated heterocycles. The van der Waals surface area contributed by atoms with Crippen LogP contribution >= 0.6 is 0 Å². The fourth-order valence-electron chi connectivity index (χ4n) is 2.38. The highest BCUT2D eigenvalue weighted by atomic mass is 19.4. The molecule has 1 rings (SSSR count). The molecule has 5 heteroatoms. The molecular formula is C16H24F3NO. The van der Waals surface area contributed by atoms with Crippen LogP contribution in [0.4, 0.5) is 13.2 Å². The largest absolute Gasteiger partial charge is 0.507 e. The quantitative estimate of drug-likeness (QED) is 0.791. The monoisotopic (exact) mass is 303 g/mol. The standard InChI is InChI=1S/C16H24F3NO/c1-4-12(5-2)10-20(6-3)11-13-7-8-15(21)14(9-13)16(17,18)19/h7-9,12,21H,4-6,10-11H2,1-3H3. The summed E-state index contributed by atoms with van der Waals surface area (Å²) in [5.74, 6) is -0.154. The average molecular weight is 303 g/mol. The fourth-order valence-corrected chi connectivity index (χ4v) is 2.38. The van der Waals surface area contributed by atoms with Gasteiger partial charge < -0.3 is 5.11 Å². The van der Waals surface area contributed by atoms with Crippen molar-refractivity contribution in [1.29, 1.82) is 0 Å². The lowest BCUT2D eigenvalue weighted by molar-refractivity contribution is -0.138. The van der Waals surface area contributed by atoms with Crippen molar-refractivity contribution in [3.63, 3.8) is 0 Å². The van der Waals surface area contributed by atoms with E-state index in [1.807, 2.05) is 6.92 Å². The number of halogens is 3. The summed E-state index contributed by atoms with van der Waals surface area (Å²) in [6.07, 6.45) is -2.39. The average Bonchev–Trinajstić information content (AvgIpc) is 2.44. The third-order valence-electron chi connectivity index (χ3n) is 3.89. The molecule has 1 aromatic carbocycles. The van der Waals surface area contributed by atoms with E-state index in [-0.39, 0.29) is 0 Å². The minimum atomic E-state index is -4.52. The van der Waals surface area contributed by atoms with Gasteiger partial charge in [0.2, 0.25) is 0 Å². The third kappa shape index (κ3) is 5.23. The van der Waals surface area contributed by atoms with E-state index in [0.29, 0.717) is 18.0 Å². The highest BCUT2D eigenvalue weighted by molar-refractivity contribution is 5.38. The van der Waals surface area contributed by atoms with Crippen molar-refractivity contribution in [3.05, 3.63) is 29.3 Å². The van der Waals surface area contributed by atoms with E-state index in [0.717, 1.165) is 38.1 Å². The van der Waals surface area contributed by atoms with Gasteiger partial charge in [-0.3, -0.25) is 4.90 Å². The molecule has 0 aliphatic rings. The maximum atomic E-state index is 12.8. The Morgan fingerprint density at radius 1 is 1.14 bits per heavy atom. The molecule has 0 fully saturated rings. The van der Waals surface area contributed by atoms with Crippen molar-refractivity contribution in [2.75, 3.05) is 13.1 Å². The maximum Gasteiger partial charge on any atom is 0.419 e. The van der Waals surface area contributed by atoms with Crippen LogP contribution in [0.2, 0.25) is 0 Å². The molecule has 21 heavy (non-hydrogen) atoms. The smallest absolute Gasteiger partial charge is 0.419 e. The molecule has 0 spiro atoms. The normalized spacial score (nSPS) is 12.4. The lowest BCUT2D eigenvalue weighted by Gasteiger charge is -2.25. The number of hydrogen-bond acceptors (Lipinski definition) is 2. The molecule has 0 bridgehead atoms. The molecule has 2 nitrogen and oxygen atoms in total. The van der Waals surface area contributed by atoms with Crippen LogP contribution in [0.1, 0.15) is 44.7 Å². The first kappa shape index (κ1) is 17.8. The van der Waals surface area contributed by atoms with Crippen LogP contribution in [0.15, 0.2) is 18.2 Å². The van der Waals surface area contributed by atoms with E-state index in [1.54, 1.807) is 6.07 Å². The Balaban J connectivity index is 2.86. The molecule has 0 radical (unpaired) electrons. The van der Waals surface area contributed by atoms with Crippen molar-refractivity contribution >= 4 is 0 Å². The molecule has 0 amide bonds. The second kappa shape index (κ2) is 7.69. The van der Waals surface area contributed by atoms with Crippen LogP contribution in [0.25, 0.3) is 0 Å². The molecule has 0 aliphatic heterocycles. The molecule has 0 unspecified atom stereocenters. The molecule has 120 valence electrons. The van der Waals surface area contributed by atoms with Crippen molar-refractivity contribution < 1.29 is 18.3 Å². The van der Waals surface area contributed by atoms with E-state index in [1.165, 1.54) is 0 Å². The topological polar surface area (TPSA) is 23.5 Å². The number of aromatic hydroxyl groups is 1. The lowest BCUT2D eigenvalue weighted by Crippen LogP contribution is -2.28. The molecule has 0 aliphatic carbocycles. The Kier molecular flexibility index (Phi) is 6.52. The van der Waals surface area contributed by atoms with Crippen LogP contribution in [0.5, 0.6) is 5.75 Å². The summed E-state index contributed by atoms with van der Waals surface area (Å²) in [5, 5.41) is 9.35. The number of hydrogen-bond donors (Lipinski definition) is 1. The van der Waals surface area contributed by atoms with Gasteiger partial charge in [0.05, 0.1) is 5.56 Å². The summed E-state index contributed by atoms with van der Waals surface area (Å²) in [5.41, 5.74) is -0.383. The minimum Gasteiger partial charge on any atom is -0.507 e. The van der Waals surface area contributed by atoms with E-state index in [2.05, 4.69) is 18.7 Å². The van der Waals surface area contributed by atoms with Gasteiger partial charge in [-0.05, 0) is 30.2 Å². The molecule has 1 aromatic rings. The summed E-state index contributed by atoms with van der Waals surface area (Å²) in [6, 6.07) is 3.73. The van der Waals surface area contributed by atoms with Gasteiger partial charge >= 0.3 is 6.18 Å².